The van der Waals surface area contributed by atoms with E-state index in [2.05, 4.69) is 15.1 Å². The van der Waals surface area contributed by atoms with E-state index in [1.807, 2.05) is 24.3 Å². The molecule has 0 atom stereocenters. The van der Waals surface area contributed by atoms with E-state index in [0.29, 0.717) is 22.3 Å². The number of phenolic OH excluding ortho intramolecular Hbond substituents is 2. The monoisotopic (exact) mass is 311 g/mol. The predicted octanol–water partition coefficient (Wildman–Crippen LogP) is 3.42. The van der Waals surface area contributed by atoms with Crippen LogP contribution in [0.5, 0.6) is 11.5 Å². The average molecular weight is 311 g/mol. The predicted molar refractivity (Wildman–Crippen MR) is 81.7 cm³/mol. The number of phenols is 2. The van der Waals surface area contributed by atoms with E-state index in [9.17, 15) is 10.2 Å². The summed E-state index contributed by atoms with van der Waals surface area (Å²) in [6, 6.07) is 12.1. The van der Waals surface area contributed by atoms with Gasteiger partial charge in [0, 0.05) is 5.56 Å². The van der Waals surface area contributed by atoms with Crippen molar-refractivity contribution < 1.29 is 14.7 Å². The number of para-hydroxylation sites is 1. The standard InChI is InChI=1S/C15H9N3O3S/c19-10-6-5-8(7-11(10)20)13-17-14(21-18-13)15-16-9-3-1-2-4-12(9)22-15/h1-7,19-20H. The zero-order valence-electron chi connectivity index (χ0n) is 11.1. The summed E-state index contributed by atoms with van der Waals surface area (Å²) < 4.78 is 6.29. The second kappa shape index (κ2) is 4.81. The van der Waals surface area contributed by atoms with E-state index in [4.69, 9.17) is 4.52 Å². The maximum absolute atomic E-state index is 9.53. The van der Waals surface area contributed by atoms with Crippen molar-refractivity contribution in [1.29, 1.82) is 0 Å². The lowest BCUT2D eigenvalue weighted by Crippen LogP contribution is -1.81. The van der Waals surface area contributed by atoms with E-state index < -0.39 is 0 Å². The number of hydrogen-bond donors (Lipinski definition) is 2. The first-order chi connectivity index (χ1) is 10.7. The Labute approximate surface area is 128 Å². The Morgan fingerprint density at radius 1 is 0.955 bits per heavy atom. The number of rotatable bonds is 2. The molecule has 4 rings (SSSR count). The average Bonchev–Trinajstić information content (AvgIpc) is 3.15. The van der Waals surface area contributed by atoms with Crippen molar-refractivity contribution in [2.24, 2.45) is 0 Å². The molecule has 0 aliphatic heterocycles. The number of nitrogens with zero attached hydrogens (tertiary/aromatic N) is 3. The van der Waals surface area contributed by atoms with Crippen molar-refractivity contribution in [2.45, 2.75) is 0 Å². The first-order valence-electron chi connectivity index (χ1n) is 6.43. The zero-order valence-corrected chi connectivity index (χ0v) is 11.9. The molecule has 0 saturated heterocycles. The molecule has 4 aromatic rings. The summed E-state index contributed by atoms with van der Waals surface area (Å²) in [5, 5.41) is 23.4. The fraction of sp³-hybridized carbons (Fsp3) is 0. The molecule has 0 spiro atoms. The molecule has 22 heavy (non-hydrogen) atoms. The fourth-order valence-corrected chi connectivity index (χ4v) is 2.94. The molecular formula is C15H9N3O3S. The molecule has 0 unspecified atom stereocenters. The van der Waals surface area contributed by atoms with Crippen LogP contribution in [-0.2, 0) is 0 Å². The Morgan fingerprint density at radius 3 is 2.64 bits per heavy atom. The van der Waals surface area contributed by atoms with Gasteiger partial charge in [-0.25, -0.2) is 4.98 Å². The van der Waals surface area contributed by atoms with Crippen LogP contribution in [0.15, 0.2) is 47.0 Å². The third-order valence-electron chi connectivity index (χ3n) is 3.14. The van der Waals surface area contributed by atoms with Gasteiger partial charge in [-0.1, -0.05) is 17.3 Å². The van der Waals surface area contributed by atoms with Gasteiger partial charge in [-0.15, -0.1) is 11.3 Å². The van der Waals surface area contributed by atoms with Crippen molar-refractivity contribution in [3.05, 3.63) is 42.5 Å². The summed E-state index contributed by atoms with van der Waals surface area (Å²) in [5.41, 5.74) is 1.43. The summed E-state index contributed by atoms with van der Waals surface area (Å²) in [5.74, 6) is 0.218. The van der Waals surface area contributed by atoms with Crippen LogP contribution < -0.4 is 0 Å². The molecule has 2 heterocycles. The van der Waals surface area contributed by atoms with Crippen LogP contribution in [0.25, 0.3) is 32.5 Å². The maximum atomic E-state index is 9.53. The lowest BCUT2D eigenvalue weighted by molar-refractivity contribution is 0.404. The third-order valence-corrected chi connectivity index (χ3v) is 4.16. The number of thiazole rings is 1. The van der Waals surface area contributed by atoms with Gasteiger partial charge in [0.25, 0.3) is 5.89 Å². The highest BCUT2D eigenvalue weighted by Gasteiger charge is 2.15. The van der Waals surface area contributed by atoms with Gasteiger partial charge in [-0.2, -0.15) is 4.98 Å². The van der Waals surface area contributed by atoms with Crippen LogP contribution in [0, 0.1) is 0 Å². The van der Waals surface area contributed by atoms with E-state index in [-0.39, 0.29) is 11.5 Å². The molecule has 0 fully saturated rings. The molecule has 6 nitrogen and oxygen atoms in total. The van der Waals surface area contributed by atoms with Crippen LogP contribution in [0.3, 0.4) is 0 Å². The topological polar surface area (TPSA) is 92.3 Å². The van der Waals surface area contributed by atoms with Crippen molar-refractivity contribution in [3.8, 4) is 33.8 Å². The fourth-order valence-electron chi connectivity index (χ4n) is 2.05. The lowest BCUT2D eigenvalue weighted by atomic mass is 10.2. The number of aromatic nitrogens is 3. The largest absolute Gasteiger partial charge is 0.504 e. The van der Waals surface area contributed by atoms with Gasteiger partial charge in [0.15, 0.2) is 16.5 Å². The van der Waals surface area contributed by atoms with Crippen LogP contribution in [0.2, 0.25) is 0 Å². The maximum Gasteiger partial charge on any atom is 0.287 e. The summed E-state index contributed by atoms with van der Waals surface area (Å²) in [6.45, 7) is 0. The summed E-state index contributed by atoms with van der Waals surface area (Å²) >= 11 is 1.47. The molecular weight excluding hydrogens is 302 g/mol. The number of aromatic hydroxyl groups is 2. The Morgan fingerprint density at radius 2 is 1.82 bits per heavy atom. The number of fused-ring (bicyclic) bond motifs is 1. The summed E-state index contributed by atoms with van der Waals surface area (Å²) in [7, 11) is 0. The molecule has 0 aliphatic carbocycles. The molecule has 0 bridgehead atoms. The van der Waals surface area contributed by atoms with Gasteiger partial charge in [0.1, 0.15) is 0 Å². The smallest absolute Gasteiger partial charge is 0.287 e. The summed E-state index contributed by atoms with van der Waals surface area (Å²) in [6.07, 6.45) is 0. The normalized spacial score (nSPS) is 11.1. The molecule has 2 aromatic carbocycles. The molecule has 7 heteroatoms. The van der Waals surface area contributed by atoms with Gasteiger partial charge in [0.2, 0.25) is 5.82 Å². The van der Waals surface area contributed by atoms with Gasteiger partial charge in [0.05, 0.1) is 10.2 Å². The van der Waals surface area contributed by atoms with Crippen LogP contribution in [0.1, 0.15) is 0 Å². The molecule has 2 aromatic heterocycles. The van der Waals surface area contributed by atoms with E-state index >= 15 is 0 Å². The highest BCUT2D eigenvalue weighted by Crippen LogP contribution is 2.32. The Kier molecular flexibility index (Phi) is 2.80. The summed E-state index contributed by atoms with van der Waals surface area (Å²) in [4.78, 5) is 8.75. The van der Waals surface area contributed by atoms with E-state index in [0.717, 1.165) is 10.2 Å². The second-order valence-corrected chi connectivity index (χ2v) is 5.64. The minimum Gasteiger partial charge on any atom is -0.504 e. The molecule has 0 amide bonds. The second-order valence-electron chi connectivity index (χ2n) is 4.61. The third kappa shape index (κ3) is 2.08. The van der Waals surface area contributed by atoms with E-state index in [1.54, 1.807) is 6.07 Å². The van der Waals surface area contributed by atoms with Gasteiger partial charge in [-0.3, -0.25) is 0 Å². The van der Waals surface area contributed by atoms with Gasteiger partial charge < -0.3 is 14.7 Å². The minimum atomic E-state index is -0.233. The SMILES string of the molecule is Oc1ccc(-c2noc(-c3nc4ccccc4s3)n2)cc1O. The molecule has 0 saturated carbocycles. The Balaban J connectivity index is 1.75. The molecule has 0 radical (unpaired) electrons. The van der Waals surface area contributed by atoms with Crippen LogP contribution >= 0.6 is 11.3 Å². The van der Waals surface area contributed by atoms with Gasteiger partial charge in [-0.05, 0) is 30.3 Å². The first-order valence-corrected chi connectivity index (χ1v) is 7.24. The van der Waals surface area contributed by atoms with Crippen LogP contribution in [0.4, 0.5) is 0 Å². The van der Waals surface area contributed by atoms with Crippen molar-refractivity contribution in [3.63, 3.8) is 0 Å². The van der Waals surface area contributed by atoms with Crippen molar-refractivity contribution >= 4 is 21.6 Å². The highest BCUT2D eigenvalue weighted by atomic mass is 32.1. The molecule has 2 N–H and O–H groups in total. The van der Waals surface area contributed by atoms with Gasteiger partial charge >= 0.3 is 0 Å². The highest BCUT2D eigenvalue weighted by molar-refractivity contribution is 7.21. The number of benzene rings is 2. The van der Waals surface area contributed by atoms with Crippen molar-refractivity contribution in [1.82, 2.24) is 15.1 Å². The molecule has 108 valence electrons. The minimum absolute atomic E-state index is 0.196. The lowest BCUT2D eigenvalue weighted by Gasteiger charge is -1.98. The Bertz CT molecular complexity index is 944. The first kappa shape index (κ1) is 12.8. The van der Waals surface area contributed by atoms with Crippen molar-refractivity contribution in [2.75, 3.05) is 0 Å². The van der Waals surface area contributed by atoms with E-state index in [1.165, 1.54) is 23.5 Å². The van der Waals surface area contributed by atoms with Crippen LogP contribution in [-0.4, -0.2) is 25.3 Å². The quantitative estimate of drug-likeness (QED) is 0.551. The molecule has 0 aliphatic rings. The zero-order chi connectivity index (χ0) is 15.1. The number of hydrogen-bond acceptors (Lipinski definition) is 7. The Hall–Kier alpha value is -2.93.